The maximum atomic E-state index is 5.92. The van der Waals surface area contributed by atoms with Gasteiger partial charge in [0.2, 0.25) is 11.7 Å². The molecule has 7 heteroatoms. The van der Waals surface area contributed by atoms with Crippen molar-refractivity contribution in [1.82, 2.24) is 10.1 Å². The number of thioether (sulfide) groups is 1. The van der Waals surface area contributed by atoms with Gasteiger partial charge in [0.25, 0.3) is 0 Å². The van der Waals surface area contributed by atoms with E-state index in [-0.39, 0.29) is 6.10 Å². The summed E-state index contributed by atoms with van der Waals surface area (Å²) >= 11 is 7.76. The molecule has 0 bridgehead atoms. The van der Waals surface area contributed by atoms with E-state index < -0.39 is 0 Å². The van der Waals surface area contributed by atoms with Crippen molar-refractivity contribution in [3.05, 3.63) is 41.0 Å². The van der Waals surface area contributed by atoms with Gasteiger partial charge in [-0.15, -0.1) is 0 Å². The Hall–Kier alpha value is -1.24. The van der Waals surface area contributed by atoms with Crippen molar-refractivity contribution in [2.45, 2.75) is 12.6 Å². The number of hydrogen-bond acceptors (Lipinski definition) is 6. The fourth-order valence-corrected chi connectivity index (χ4v) is 2.91. The van der Waals surface area contributed by atoms with Crippen molar-refractivity contribution in [3.63, 3.8) is 0 Å². The number of ether oxygens (including phenoxy) is 1. The molecule has 0 saturated carbocycles. The second-order valence-corrected chi connectivity index (χ2v) is 5.93. The van der Waals surface area contributed by atoms with Crippen LogP contribution in [0.4, 0.5) is 5.69 Å². The summed E-state index contributed by atoms with van der Waals surface area (Å²) in [5.74, 6) is 3.07. The van der Waals surface area contributed by atoms with Gasteiger partial charge in [0.1, 0.15) is 6.10 Å². The predicted molar refractivity (Wildman–Crippen MR) is 79.1 cm³/mol. The molecule has 1 aliphatic heterocycles. The summed E-state index contributed by atoms with van der Waals surface area (Å²) in [6, 6.07) is 7.50. The van der Waals surface area contributed by atoms with Crippen LogP contribution in [0, 0.1) is 0 Å². The lowest BCUT2D eigenvalue weighted by Gasteiger charge is -2.18. The number of benzene rings is 1. The highest BCUT2D eigenvalue weighted by Gasteiger charge is 2.21. The van der Waals surface area contributed by atoms with Crippen molar-refractivity contribution in [3.8, 4) is 0 Å². The molecule has 1 aliphatic rings. The summed E-state index contributed by atoms with van der Waals surface area (Å²) < 4.78 is 10.8. The van der Waals surface area contributed by atoms with Gasteiger partial charge in [-0.05, 0) is 18.2 Å². The molecule has 2 heterocycles. The van der Waals surface area contributed by atoms with Gasteiger partial charge in [-0.2, -0.15) is 16.7 Å². The van der Waals surface area contributed by atoms with Crippen LogP contribution in [0.2, 0.25) is 5.02 Å². The molecule has 5 nitrogen and oxygen atoms in total. The lowest BCUT2D eigenvalue weighted by atomic mass is 10.3. The average Bonchev–Trinajstić information content (AvgIpc) is 2.95. The summed E-state index contributed by atoms with van der Waals surface area (Å²) in [6.45, 7) is 1.20. The Morgan fingerprint density at radius 3 is 3.20 bits per heavy atom. The van der Waals surface area contributed by atoms with E-state index in [1.54, 1.807) is 0 Å². The quantitative estimate of drug-likeness (QED) is 0.936. The number of nitrogens with zero attached hydrogens (tertiary/aromatic N) is 2. The molecule has 0 radical (unpaired) electrons. The van der Waals surface area contributed by atoms with Crippen LogP contribution in [0.5, 0.6) is 0 Å². The average molecular weight is 312 g/mol. The fraction of sp³-hybridized carbons (Fsp3) is 0.385. The SMILES string of the molecule is Clc1cccc(NCc2nc(C3CSCCO3)no2)c1. The van der Waals surface area contributed by atoms with Crippen LogP contribution in [0.25, 0.3) is 0 Å². The molecule has 20 heavy (non-hydrogen) atoms. The van der Waals surface area contributed by atoms with Crippen molar-refractivity contribution in [2.75, 3.05) is 23.4 Å². The molecule has 1 fully saturated rings. The Kier molecular flexibility index (Phi) is 4.44. The van der Waals surface area contributed by atoms with E-state index in [1.807, 2.05) is 36.0 Å². The topological polar surface area (TPSA) is 60.2 Å². The van der Waals surface area contributed by atoms with Crippen LogP contribution in [0.1, 0.15) is 17.8 Å². The summed E-state index contributed by atoms with van der Waals surface area (Å²) in [6.07, 6.45) is -0.0579. The molecule has 1 aromatic heterocycles. The van der Waals surface area contributed by atoms with Crippen LogP contribution < -0.4 is 5.32 Å². The van der Waals surface area contributed by atoms with Crippen molar-refractivity contribution in [1.29, 1.82) is 0 Å². The van der Waals surface area contributed by atoms with Gasteiger partial charge < -0.3 is 14.6 Å². The first kappa shape index (κ1) is 13.7. The van der Waals surface area contributed by atoms with E-state index in [1.165, 1.54) is 0 Å². The maximum absolute atomic E-state index is 5.92. The first-order valence-electron chi connectivity index (χ1n) is 6.32. The second-order valence-electron chi connectivity index (χ2n) is 4.34. The molecule has 2 aromatic rings. The number of anilines is 1. The van der Waals surface area contributed by atoms with Gasteiger partial charge in [-0.3, -0.25) is 0 Å². The Labute approximate surface area is 126 Å². The van der Waals surface area contributed by atoms with E-state index in [2.05, 4.69) is 15.5 Å². The number of aromatic nitrogens is 2. The van der Waals surface area contributed by atoms with Gasteiger partial charge in [0.15, 0.2) is 0 Å². The fourth-order valence-electron chi connectivity index (χ4n) is 1.88. The van der Waals surface area contributed by atoms with E-state index >= 15 is 0 Å². The van der Waals surface area contributed by atoms with Gasteiger partial charge in [0, 0.05) is 22.2 Å². The molecule has 0 aliphatic carbocycles. The third kappa shape index (κ3) is 3.45. The molecule has 106 valence electrons. The molecule has 1 aromatic carbocycles. The van der Waals surface area contributed by atoms with Gasteiger partial charge >= 0.3 is 0 Å². The van der Waals surface area contributed by atoms with Crippen LogP contribution in [0.15, 0.2) is 28.8 Å². The molecular formula is C13H14ClN3O2S. The Balaban J connectivity index is 1.59. The van der Waals surface area contributed by atoms with Crippen LogP contribution in [-0.2, 0) is 11.3 Å². The van der Waals surface area contributed by atoms with Gasteiger partial charge in [-0.1, -0.05) is 22.8 Å². The summed E-state index contributed by atoms with van der Waals surface area (Å²) in [4.78, 5) is 4.36. The van der Waals surface area contributed by atoms with Crippen LogP contribution >= 0.6 is 23.4 Å². The van der Waals surface area contributed by atoms with Gasteiger partial charge in [0.05, 0.1) is 13.2 Å². The lowest BCUT2D eigenvalue weighted by Crippen LogP contribution is -2.16. The maximum Gasteiger partial charge on any atom is 0.246 e. The van der Waals surface area contributed by atoms with Crippen molar-refractivity contribution in [2.24, 2.45) is 0 Å². The van der Waals surface area contributed by atoms with Crippen LogP contribution in [-0.4, -0.2) is 28.3 Å². The first-order chi connectivity index (χ1) is 9.81. The van der Waals surface area contributed by atoms with Crippen molar-refractivity contribution >= 4 is 29.1 Å². The predicted octanol–water partition coefficient (Wildman–Crippen LogP) is 3.14. The van der Waals surface area contributed by atoms with E-state index in [0.29, 0.717) is 23.3 Å². The molecule has 1 unspecified atom stereocenters. The highest BCUT2D eigenvalue weighted by molar-refractivity contribution is 7.99. The Morgan fingerprint density at radius 2 is 2.40 bits per heavy atom. The largest absolute Gasteiger partial charge is 0.376 e. The smallest absolute Gasteiger partial charge is 0.246 e. The van der Waals surface area contributed by atoms with E-state index in [9.17, 15) is 0 Å². The second kappa shape index (κ2) is 6.47. The summed E-state index contributed by atoms with van der Waals surface area (Å²) in [7, 11) is 0. The van der Waals surface area contributed by atoms with Gasteiger partial charge in [-0.25, -0.2) is 0 Å². The third-order valence-corrected chi connectivity index (χ3v) is 4.08. The molecule has 0 amide bonds. The molecule has 1 N–H and O–H groups in total. The number of hydrogen-bond donors (Lipinski definition) is 1. The zero-order valence-corrected chi connectivity index (χ0v) is 12.3. The Bertz CT molecular complexity index is 572. The zero-order valence-electron chi connectivity index (χ0n) is 10.7. The first-order valence-corrected chi connectivity index (χ1v) is 7.86. The molecule has 1 saturated heterocycles. The zero-order chi connectivity index (χ0) is 13.8. The highest BCUT2D eigenvalue weighted by Crippen LogP contribution is 2.24. The molecule has 3 rings (SSSR count). The minimum atomic E-state index is -0.0579. The normalized spacial score (nSPS) is 18.9. The number of rotatable bonds is 4. The minimum absolute atomic E-state index is 0.0579. The van der Waals surface area contributed by atoms with E-state index in [0.717, 1.165) is 23.8 Å². The minimum Gasteiger partial charge on any atom is -0.376 e. The molecule has 0 spiro atoms. The molecule has 1 atom stereocenters. The van der Waals surface area contributed by atoms with Crippen LogP contribution in [0.3, 0.4) is 0 Å². The number of nitrogens with one attached hydrogen (secondary N) is 1. The lowest BCUT2D eigenvalue weighted by molar-refractivity contribution is 0.0677. The van der Waals surface area contributed by atoms with E-state index in [4.69, 9.17) is 20.9 Å². The standard InChI is InChI=1S/C13H14ClN3O2S/c14-9-2-1-3-10(6-9)15-7-12-16-13(17-19-12)11-8-20-5-4-18-11/h1-3,6,11,15H,4-5,7-8H2. The molecular weight excluding hydrogens is 298 g/mol. The summed E-state index contributed by atoms with van der Waals surface area (Å²) in [5.41, 5.74) is 0.918. The van der Waals surface area contributed by atoms with Crippen molar-refractivity contribution < 1.29 is 9.26 Å². The third-order valence-electron chi connectivity index (χ3n) is 2.86. The number of halogens is 1. The highest BCUT2D eigenvalue weighted by atomic mass is 35.5. The Morgan fingerprint density at radius 1 is 1.45 bits per heavy atom. The monoisotopic (exact) mass is 311 g/mol. The summed E-state index contributed by atoms with van der Waals surface area (Å²) in [5, 5.41) is 7.86.